The molecule has 0 amide bonds. The summed E-state index contributed by atoms with van der Waals surface area (Å²) in [6.45, 7) is 0. The summed E-state index contributed by atoms with van der Waals surface area (Å²) < 4.78 is 6.09. The van der Waals surface area contributed by atoms with Crippen LogP contribution in [-0.2, 0) is 0 Å². The maximum atomic E-state index is 5.42. The van der Waals surface area contributed by atoms with Gasteiger partial charge in [0.2, 0.25) is 5.88 Å². The molecule has 0 spiro atoms. The molecule has 1 N–H and O–H groups in total. The number of H-pyrrole nitrogens is 1. The summed E-state index contributed by atoms with van der Waals surface area (Å²) in [6, 6.07) is 2.04. The highest BCUT2D eigenvalue weighted by molar-refractivity contribution is 9.10. The number of nitrogens with zero attached hydrogens (tertiary/aromatic N) is 4. The first kappa shape index (κ1) is 12.7. The highest BCUT2D eigenvalue weighted by Crippen LogP contribution is 2.46. The van der Waals surface area contributed by atoms with Crippen LogP contribution in [0.4, 0.5) is 0 Å². The Morgan fingerprint density at radius 3 is 2.95 bits per heavy atom. The summed E-state index contributed by atoms with van der Waals surface area (Å²) in [7, 11) is 1.62. The van der Waals surface area contributed by atoms with Crippen LogP contribution < -0.4 is 4.74 Å². The summed E-state index contributed by atoms with van der Waals surface area (Å²) >= 11 is 3.39. The van der Waals surface area contributed by atoms with Crippen molar-refractivity contribution in [2.45, 2.75) is 18.8 Å². The first-order valence-electron chi connectivity index (χ1n) is 6.68. The van der Waals surface area contributed by atoms with Crippen molar-refractivity contribution < 1.29 is 4.74 Å². The zero-order valence-electron chi connectivity index (χ0n) is 11.3. The highest BCUT2D eigenvalue weighted by Gasteiger charge is 2.29. The van der Waals surface area contributed by atoms with Crippen LogP contribution in [0.2, 0.25) is 0 Å². The summed E-state index contributed by atoms with van der Waals surface area (Å²) in [5.74, 6) is 1.75. The molecule has 106 valence electrons. The molecule has 0 aromatic carbocycles. The molecule has 3 aromatic heterocycles. The number of aromatic nitrogens is 5. The van der Waals surface area contributed by atoms with Gasteiger partial charge in [0.1, 0.15) is 11.0 Å². The van der Waals surface area contributed by atoms with E-state index in [0.29, 0.717) is 22.2 Å². The van der Waals surface area contributed by atoms with E-state index in [2.05, 4.69) is 41.1 Å². The standard InChI is InChI=1S/C14H12BrN5O/c1-21-14-10(8(4-5-16-14)7-2-3-7)13-17-6-9-11(18-13)12(15)20-19-9/h4-7H,2-3H2,1H3,(H,19,20). The van der Waals surface area contributed by atoms with Crippen LogP contribution in [0.15, 0.2) is 23.1 Å². The molecule has 0 saturated heterocycles. The second kappa shape index (κ2) is 4.77. The number of methoxy groups -OCH3 is 1. The lowest BCUT2D eigenvalue weighted by molar-refractivity contribution is 0.399. The van der Waals surface area contributed by atoms with Crippen molar-refractivity contribution in [1.82, 2.24) is 25.1 Å². The number of aromatic amines is 1. The van der Waals surface area contributed by atoms with Gasteiger partial charge >= 0.3 is 0 Å². The molecule has 7 heteroatoms. The van der Waals surface area contributed by atoms with Crippen LogP contribution in [0, 0.1) is 0 Å². The van der Waals surface area contributed by atoms with Crippen molar-refractivity contribution >= 4 is 27.0 Å². The summed E-state index contributed by atoms with van der Waals surface area (Å²) in [6.07, 6.45) is 5.90. The quantitative estimate of drug-likeness (QED) is 0.789. The van der Waals surface area contributed by atoms with Gasteiger partial charge in [0, 0.05) is 6.20 Å². The molecule has 1 saturated carbocycles. The number of fused-ring (bicyclic) bond motifs is 1. The van der Waals surface area contributed by atoms with Gasteiger partial charge in [0.25, 0.3) is 0 Å². The van der Waals surface area contributed by atoms with E-state index in [9.17, 15) is 0 Å². The van der Waals surface area contributed by atoms with Gasteiger partial charge < -0.3 is 4.74 Å². The fraction of sp³-hybridized carbons (Fsp3) is 0.286. The minimum Gasteiger partial charge on any atom is -0.480 e. The summed E-state index contributed by atoms with van der Waals surface area (Å²) in [4.78, 5) is 13.4. The van der Waals surface area contributed by atoms with Crippen molar-refractivity contribution in [2.75, 3.05) is 7.11 Å². The van der Waals surface area contributed by atoms with Gasteiger partial charge in [-0.3, -0.25) is 5.10 Å². The van der Waals surface area contributed by atoms with Crippen molar-refractivity contribution in [2.24, 2.45) is 0 Å². The maximum absolute atomic E-state index is 5.42. The normalized spacial score (nSPS) is 14.6. The van der Waals surface area contributed by atoms with Gasteiger partial charge in [0.15, 0.2) is 10.4 Å². The van der Waals surface area contributed by atoms with Crippen LogP contribution in [0.3, 0.4) is 0 Å². The molecular formula is C14H12BrN5O. The second-order valence-corrected chi connectivity index (χ2v) is 5.78. The number of rotatable bonds is 3. The molecule has 0 radical (unpaired) electrons. The fourth-order valence-corrected chi connectivity index (χ4v) is 2.87. The Kier molecular flexibility index (Phi) is 2.88. The van der Waals surface area contributed by atoms with E-state index in [-0.39, 0.29) is 0 Å². The minimum absolute atomic E-state index is 0.559. The SMILES string of the molecule is COc1nccc(C2CC2)c1-c1ncc2[nH]nc(Br)c2n1. The lowest BCUT2D eigenvalue weighted by Gasteiger charge is -2.11. The zero-order chi connectivity index (χ0) is 14.4. The average Bonchev–Trinajstić information content (AvgIpc) is 3.31. The third-order valence-corrected chi connectivity index (χ3v) is 4.19. The molecule has 3 heterocycles. The molecule has 0 unspecified atom stereocenters. The Bertz CT molecular complexity index is 827. The molecule has 3 aromatic rings. The number of ether oxygens (including phenoxy) is 1. The predicted molar refractivity (Wildman–Crippen MR) is 81.1 cm³/mol. The molecule has 1 fully saturated rings. The first-order chi connectivity index (χ1) is 10.3. The van der Waals surface area contributed by atoms with Gasteiger partial charge in [-0.05, 0) is 46.3 Å². The van der Waals surface area contributed by atoms with Gasteiger partial charge in [0.05, 0.1) is 18.9 Å². The first-order valence-corrected chi connectivity index (χ1v) is 7.47. The smallest absolute Gasteiger partial charge is 0.224 e. The average molecular weight is 346 g/mol. The van der Waals surface area contributed by atoms with Crippen molar-refractivity contribution in [1.29, 1.82) is 0 Å². The molecule has 1 aliphatic rings. The van der Waals surface area contributed by atoms with E-state index in [0.717, 1.165) is 16.6 Å². The third kappa shape index (κ3) is 2.08. The van der Waals surface area contributed by atoms with Gasteiger partial charge in [-0.2, -0.15) is 5.10 Å². The van der Waals surface area contributed by atoms with Crippen molar-refractivity contribution in [3.8, 4) is 17.3 Å². The van der Waals surface area contributed by atoms with Gasteiger partial charge in [-0.25, -0.2) is 15.0 Å². The second-order valence-electron chi connectivity index (χ2n) is 5.03. The van der Waals surface area contributed by atoms with Crippen LogP contribution >= 0.6 is 15.9 Å². The summed E-state index contributed by atoms with van der Waals surface area (Å²) in [5, 5.41) is 6.96. The van der Waals surface area contributed by atoms with E-state index in [1.54, 1.807) is 19.5 Å². The fourth-order valence-electron chi connectivity index (χ4n) is 2.47. The molecule has 1 aliphatic carbocycles. The predicted octanol–water partition coefficient (Wildman–Crippen LogP) is 3.06. The van der Waals surface area contributed by atoms with E-state index in [1.165, 1.54) is 18.4 Å². The molecule has 0 bridgehead atoms. The Labute approximate surface area is 129 Å². The van der Waals surface area contributed by atoms with Gasteiger partial charge in [-0.15, -0.1) is 0 Å². The van der Waals surface area contributed by atoms with Crippen molar-refractivity contribution in [3.05, 3.63) is 28.6 Å². The zero-order valence-corrected chi connectivity index (χ0v) is 12.9. The molecule has 0 atom stereocenters. The van der Waals surface area contributed by atoms with E-state index in [1.807, 2.05) is 6.07 Å². The van der Waals surface area contributed by atoms with Crippen molar-refractivity contribution in [3.63, 3.8) is 0 Å². The van der Waals surface area contributed by atoms with Crippen LogP contribution in [-0.4, -0.2) is 32.3 Å². The van der Waals surface area contributed by atoms with E-state index < -0.39 is 0 Å². The number of hydrogen-bond donors (Lipinski definition) is 1. The van der Waals surface area contributed by atoms with Gasteiger partial charge in [-0.1, -0.05) is 0 Å². The Morgan fingerprint density at radius 1 is 1.33 bits per heavy atom. The number of hydrogen-bond acceptors (Lipinski definition) is 5. The van der Waals surface area contributed by atoms with E-state index >= 15 is 0 Å². The van der Waals surface area contributed by atoms with E-state index in [4.69, 9.17) is 4.74 Å². The Hall–Kier alpha value is -2.02. The Balaban J connectivity index is 1.96. The number of nitrogens with one attached hydrogen (secondary N) is 1. The minimum atomic E-state index is 0.559. The van der Waals surface area contributed by atoms with Crippen LogP contribution in [0.5, 0.6) is 5.88 Å². The monoisotopic (exact) mass is 345 g/mol. The molecule has 21 heavy (non-hydrogen) atoms. The number of pyridine rings is 1. The third-order valence-electron chi connectivity index (χ3n) is 3.64. The molecule has 4 rings (SSSR count). The molecule has 6 nitrogen and oxygen atoms in total. The Morgan fingerprint density at radius 2 is 2.19 bits per heavy atom. The summed E-state index contributed by atoms with van der Waals surface area (Å²) in [5.41, 5.74) is 3.65. The topological polar surface area (TPSA) is 76.6 Å². The lowest BCUT2D eigenvalue weighted by atomic mass is 10.0. The molecular weight excluding hydrogens is 334 g/mol. The largest absolute Gasteiger partial charge is 0.480 e. The highest BCUT2D eigenvalue weighted by atomic mass is 79.9. The van der Waals surface area contributed by atoms with Crippen LogP contribution in [0.1, 0.15) is 24.3 Å². The van der Waals surface area contributed by atoms with Crippen LogP contribution in [0.25, 0.3) is 22.4 Å². The number of halogens is 1. The molecule has 0 aliphatic heterocycles. The maximum Gasteiger partial charge on any atom is 0.224 e. The lowest BCUT2D eigenvalue weighted by Crippen LogP contribution is -1.99.